The lowest BCUT2D eigenvalue weighted by Gasteiger charge is -2.04. The van der Waals surface area contributed by atoms with E-state index in [0.29, 0.717) is 17.1 Å². The first-order valence-corrected chi connectivity index (χ1v) is 11.6. The maximum absolute atomic E-state index is 12.1. The van der Waals surface area contributed by atoms with Crippen LogP contribution in [0.15, 0.2) is 70.0 Å². The fourth-order valence-electron chi connectivity index (χ4n) is 3.92. The van der Waals surface area contributed by atoms with Crippen molar-refractivity contribution in [1.82, 2.24) is 9.55 Å². The predicted molar refractivity (Wildman–Crippen MR) is 120 cm³/mol. The van der Waals surface area contributed by atoms with E-state index in [1.807, 2.05) is 12.1 Å². The van der Waals surface area contributed by atoms with Crippen LogP contribution in [-0.4, -0.2) is 23.7 Å². The number of sulfone groups is 1. The summed E-state index contributed by atoms with van der Waals surface area (Å²) in [6.07, 6.45) is 0. The third-order valence-electron chi connectivity index (χ3n) is 5.44. The molecule has 0 amide bonds. The fraction of sp³-hybridized carbons (Fsp3) is 0.174. The number of rotatable bonds is 5. The Labute approximate surface area is 174 Å². The lowest BCUT2D eigenvalue weighted by atomic mass is 10.1. The van der Waals surface area contributed by atoms with Crippen molar-refractivity contribution in [2.45, 2.75) is 25.3 Å². The largest absolute Gasteiger partial charge is 0.423 e. The van der Waals surface area contributed by atoms with Gasteiger partial charge in [-0.3, -0.25) is 0 Å². The summed E-state index contributed by atoms with van der Waals surface area (Å²) in [5, 5.41) is 5.57. The van der Waals surface area contributed by atoms with E-state index in [4.69, 9.17) is 4.42 Å². The monoisotopic (exact) mass is 419 g/mol. The van der Waals surface area contributed by atoms with Gasteiger partial charge in [0.1, 0.15) is 5.52 Å². The van der Waals surface area contributed by atoms with E-state index < -0.39 is 9.84 Å². The molecule has 5 rings (SSSR count). The van der Waals surface area contributed by atoms with Crippen molar-refractivity contribution >= 4 is 54.4 Å². The highest BCUT2D eigenvalue weighted by molar-refractivity contribution is 7.91. The molecule has 1 N–H and O–H groups in total. The minimum Gasteiger partial charge on any atom is -0.423 e. The highest BCUT2D eigenvalue weighted by atomic mass is 32.2. The van der Waals surface area contributed by atoms with Gasteiger partial charge in [0.25, 0.3) is 6.01 Å². The molecule has 152 valence electrons. The Kier molecular flexibility index (Phi) is 4.29. The van der Waals surface area contributed by atoms with Crippen LogP contribution in [0, 0.1) is 0 Å². The number of anilines is 2. The maximum atomic E-state index is 12.1. The quantitative estimate of drug-likeness (QED) is 0.407. The van der Waals surface area contributed by atoms with Gasteiger partial charge in [-0.15, -0.1) is 0 Å². The van der Waals surface area contributed by atoms with Crippen molar-refractivity contribution in [2.24, 2.45) is 0 Å². The lowest BCUT2D eigenvalue weighted by molar-refractivity contribution is 0.597. The molecular weight excluding hydrogens is 398 g/mol. The van der Waals surface area contributed by atoms with E-state index in [9.17, 15) is 8.42 Å². The number of aromatic nitrogens is 2. The summed E-state index contributed by atoms with van der Waals surface area (Å²) in [6.45, 7) is 4.66. The van der Waals surface area contributed by atoms with Gasteiger partial charge in [0.15, 0.2) is 15.4 Å². The highest BCUT2D eigenvalue weighted by Crippen LogP contribution is 2.32. The van der Waals surface area contributed by atoms with Crippen molar-refractivity contribution in [3.63, 3.8) is 0 Å². The van der Waals surface area contributed by atoms with Crippen LogP contribution in [0.3, 0.4) is 0 Å². The molecule has 5 aromatic rings. The Morgan fingerprint density at radius 2 is 1.77 bits per heavy atom. The highest BCUT2D eigenvalue weighted by Gasteiger charge is 2.15. The van der Waals surface area contributed by atoms with Crippen LogP contribution in [0.2, 0.25) is 0 Å². The first kappa shape index (κ1) is 18.7. The molecule has 0 saturated heterocycles. The average molecular weight is 420 g/mol. The van der Waals surface area contributed by atoms with Crippen LogP contribution < -0.4 is 5.32 Å². The molecule has 0 atom stereocenters. The Morgan fingerprint density at radius 1 is 0.967 bits per heavy atom. The number of hydrogen-bond donors (Lipinski definition) is 1. The van der Waals surface area contributed by atoms with Crippen LogP contribution >= 0.6 is 0 Å². The number of benzene rings is 3. The Morgan fingerprint density at radius 3 is 2.57 bits per heavy atom. The predicted octanol–water partition coefficient (Wildman–Crippen LogP) is 5.49. The first-order valence-electron chi connectivity index (χ1n) is 9.91. The molecule has 0 aliphatic rings. The minimum atomic E-state index is -3.29. The number of hydrogen-bond acceptors (Lipinski definition) is 5. The maximum Gasteiger partial charge on any atom is 0.300 e. The van der Waals surface area contributed by atoms with Gasteiger partial charge in [-0.2, -0.15) is 4.98 Å². The van der Waals surface area contributed by atoms with Crippen LogP contribution in [0.5, 0.6) is 0 Å². The smallest absolute Gasteiger partial charge is 0.300 e. The van der Waals surface area contributed by atoms with E-state index in [-0.39, 0.29) is 10.6 Å². The molecule has 0 bridgehead atoms. The van der Waals surface area contributed by atoms with E-state index >= 15 is 0 Å². The van der Waals surface area contributed by atoms with Gasteiger partial charge in [0.2, 0.25) is 0 Å². The molecule has 6 nitrogen and oxygen atoms in total. The number of nitrogens with zero attached hydrogens (tertiary/aromatic N) is 2. The van der Waals surface area contributed by atoms with E-state index in [0.717, 1.165) is 17.6 Å². The summed E-state index contributed by atoms with van der Waals surface area (Å²) in [6, 6.07) is 19.6. The summed E-state index contributed by atoms with van der Waals surface area (Å²) in [5.41, 5.74) is 4.29. The lowest BCUT2D eigenvalue weighted by Crippen LogP contribution is -2.03. The third-order valence-corrected chi connectivity index (χ3v) is 7.17. The Hall–Kier alpha value is -3.32. The zero-order valence-electron chi connectivity index (χ0n) is 16.7. The molecule has 3 aromatic carbocycles. The molecule has 2 aromatic heterocycles. The van der Waals surface area contributed by atoms with Gasteiger partial charge in [0.05, 0.1) is 10.6 Å². The van der Waals surface area contributed by atoms with Crippen LogP contribution in [0.25, 0.3) is 32.9 Å². The average Bonchev–Trinajstić information content (AvgIpc) is 3.30. The number of aryl methyl sites for hydroxylation is 1. The van der Waals surface area contributed by atoms with E-state index in [1.54, 1.807) is 25.1 Å². The van der Waals surface area contributed by atoms with Crippen LogP contribution in [0.1, 0.15) is 13.8 Å². The van der Waals surface area contributed by atoms with Gasteiger partial charge in [-0.25, -0.2) is 8.42 Å². The molecule has 0 saturated carbocycles. The summed E-state index contributed by atoms with van der Waals surface area (Å²) in [5.74, 6) is 0.0485. The van der Waals surface area contributed by atoms with Crippen LogP contribution in [0.4, 0.5) is 11.7 Å². The summed E-state index contributed by atoms with van der Waals surface area (Å²) in [4.78, 5) is 4.69. The number of nitrogens with one attached hydrogen (secondary N) is 1. The second-order valence-corrected chi connectivity index (χ2v) is 9.45. The molecular formula is C23H21N3O3S. The SMILES string of the molecule is CCn1c2ccccc2c2cc(Nc3nc4cc(S(=O)(=O)CC)ccc4o3)ccc21. The molecule has 2 heterocycles. The minimum absolute atomic E-state index is 0.0485. The molecule has 0 spiro atoms. The summed E-state index contributed by atoms with van der Waals surface area (Å²) >= 11 is 0. The molecule has 0 radical (unpaired) electrons. The normalized spacial score (nSPS) is 12.2. The van der Waals surface area contributed by atoms with Gasteiger partial charge in [0, 0.05) is 34.0 Å². The molecule has 0 aliphatic carbocycles. The molecule has 0 aliphatic heterocycles. The van der Waals surface area contributed by atoms with Crippen molar-refractivity contribution < 1.29 is 12.8 Å². The van der Waals surface area contributed by atoms with E-state index in [2.05, 4.69) is 52.1 Å². The van der Waals surface area contributed by atoms with Crippen molar-refractivity contribution in [1.29, 1.82) is 0 Å². The Balaban J connectivity index is 1.55. The Bertz CT molecular complexity index is 1510. The molecule has 0 unspecified atom stereocenters. The third kappa shape index (κ3) is 2.93. The first-order chi connectivity index (χ1) is 14.5. The summed E-state index contributed by atoms with van der Waals surface area (Å²) < 4.78 is 32.3. The molecule has 30 heavy (non-hydrogen) atoms. The van der Waals surface area contributed by atoms with Gasteiger partial charge >= 0.3 is 0 Å². The van der Waals surface area contributed by atoms with Crippen molar-refractivity contribution in [2.75, 3.05) is 11.1 Å². The van der Waals surface area contributed by atoms with Crippen LogP contribution in [-0.2, 0) is 16.4 Å². The number of para-hydroxylation sites is 1. The van der Waals surface area contributed by atoms with Gasteiger partial charge in [-0.05, 0) is 49.4 Å². The second-order valence-electron chi connectivity index (χ2n) is 7.17. The van der Waals surface area contributed by atoms with Crippen molar-refractivity contribution in [3.05, 3.63) is 60.7 Å². The summed E-state index contributed by atoms with van der Waals surface area (Å²) in [7, 11) is -3.29. The van der Waals surface area contributed by atoms with Gasteiger partial charge < -0.3 is 14.3 Å². The standard InChI is InChI=1S/C23H21N3O3S/c1-3-26-20-8-6-5-7-17(20)18-13-15(9-11-21(18)26)24-23-25-19-14-16(30(27,28)4-2)10-12-22(19)29-23/h5-14H,3-4H2,1-2H3,(H,24,25). The number of fused-ring (bicyclic) bond motifs is 4. The zero-order valence-corrected chi connectivity index (χ0v) is 17.5. The van der Waals surface area contributed by atoms with Crippen molar-refractivity contribution in [3.8, 4) is 0 Å². The molecule has 0 fully saturated rings. The molecule has 7 heteroatoms. The second kappa shape index (κ2) is 6.88. The topological polar surface area (TPSA) is 77.1 Å². The van der Waals surface area contributed by atoms with Gasteiger partial charge in [-0.1, -0.05) is 25.1 Å². The van der Waals surface area contributed by atoms with E-state index in [1.165, 1.54) is 16.4 Å². The number of oxazole rings is 1. The fourth-order valence-corrected chi connectivity index (χ4v) is 4.82. The zero-order chi connectivity index (χ0) is 20.9.